The molecule has 2 fully saturated rings. The van der Waals surface area contributed by atoms with E-state index in [0.29, 0.717) is 18.6 Å². The van der Waals surface area contributed by atoms with E-state index in [-0.39, 0.29) is 18.0 Å². The lowest BCUT2D eigenvalue weighted by Gasteiger charge is -2.49. The lowest BCUT2D eigenvalue weighted by atomic mass is 9.72. The Morgan fingerprint density at radius 1 is 1.18 bits per heavy atom. The second-order valence-electron chi connectivity index (χ2n) is 10.3. The molecule has 6 nitrogen and oxygen atoms in total. The molecule has 0 saturated carbocycles. The summed E-state index contributed by atoms with van der Waals surface area (Å²) in [5, 5.41) is 1.35. The van der Waals surface area contributed by atoms with Crippen LogP contribution in [0.2, 0.25) is 0 Å². The van der Waals surface area contributed by atoms with Crippen molar-refractivity contribution >= 4 is 16.9 Å². The number of fused-ring (bicyclic) bond motifs is 6. The van der Waals surface area contributed by atoms with Crippen LogP contribution in [0, 0.1) is 11.8 Å². The molecule has 176 valence electrons. The van der Waals surface area contributed by atoms with Crippen molar-refractivity contribution in [1.82, 2.24) is 14.8 Å². The number of rotatable bonds is 4. The van der Waals surface area contributed by atoms with Gasteiger partial charge in [0.1, 0.15) is 6.61 Å². The number of benzene rings is 1. The van der Waals surface area contributed by atoms with Crippen LogP contribution in [0.4, 0.5) is 0 Å². The van der Waals surface area contributed by atoms with E-state index in [9.17, 15) is 4.79 Å². The minimum absolute atomic E-state index is 0.116. The van der Waals surface area contributed by atoms with Crippen LogP contribution in [0.3, 0.4) is 0 Å². The van der Waals surface area contributed by atoms with E-state index in [1.54, 1.807) is 6.26 Å². The monoisotopic (exact) mass is 449 g/mol. The van der Waals surface area contributed by atoms with Gasteiger partial charge in [0.05, 0.1) is 24.0 Å². The molecule has 0 amide bonds. The normalized spacial score (nSPS) is 30.0. The summed E-state index contributed by atoms with van der Waals surface area (Å²) in [6.07, 6.45) is 7.65. The Kier molecular flexibility index (Phi) is 5.67. The Hall–Kier alpha value is -2.31. The Bertz CT molecular complexity index is 1050. The summed E-state index contributed by atoms with van der Waals surface area (Å²) in [4.78, 5) is 21.9. The van der Waals surface area contributed by atoms with E-state index in [1.807, 2.05) is 0 Å². The van der Waals surface area contributed by atoms with Gasteiger partial charge in [-0.3, -0.25) is 9.80 Å². The van der Waals surface area contributed by atoms with E-state index in [1.165, 1.54) is 41.4 Å². The number of nitrogens with zero attached hydrogens (tertiary/aromatic N) is 2. The summed E-state index contributed by atoms with van der Waals surface area (Å²) in [5.74, 6) is 0.312. The molecular formula is C27H35N3O3. The predicted octanol–water partition coefficient (Wildman–Crippen LogP) is 4.03. The second kappa shape index (κ2) is 8.80. The molecule has 0 bridgehead atoms. The zero-order valence-corrected chi connectivity index (χ0v) is 19.6. The van der Waals surface area contributed by atoms with Gasteiger partial charge in [-0.05, 0) is 57.3 Å². The van der Waals surface area contributed by atoms with Crippen molar-refractivity contribution in [3.05, 3.63) is 47.4 Å². The summed E-state index contributed by atoms with van der Waals surface area (Å²) in [7, 11) is 0. The molecule has 6 heteroatoms. The Morgan fingerprint density at radius 3 is 2.91 bits per heavy atom. The van der Waals surface area contributed by atoms with Crippen molar-refractivity contribution in [1.29, 1.82) is 0 Å². The average molecular weight is 450 g/mol. The van der Waals surface area contributed by atoms with Gasteiger partial charge in [0, 0.05) is 48.1 Å². The summed E-state index contributed by atoms with van der Waals surface area (Å²) in [6.45, 7) is 7.71. The third-order valence-electron chi connectivity index (χ3n) is 8.45. The van der Waals surface area contributed by atoms with Crippen LogP contribution in [0.1, 0.15) is 49.9 Å². The van der Waals surface area contributed by atoms with Crippen LogP contribution in [0.15, 0.2) is 36.1 Å². The minimum Gasteiger partial charge on any atom is -0.497 e. The van der Waals surface area contributed by atoms with Gasteiger partial charge in [-0.15, -0.1) is 0 Å². The van der Waals surface area contributed by atoms with Crippen LogP contribution < -0.4 is 0 Å². The molecule has 4 aliphatic heterocycles. The molecule has 33 heavy (non-hydrogen) atoms. The molecule has 0 spiro atoms. The number of ether oxygens (including phenoxy) is 2. The molecule has 2 aromatic rings. The van der Waals surface area contributed by atoms with E-state index in [0.717, 1.165) is 51.1 Å². The van der Waals surface area contributed by atoms with Gasteiger partial charge in [0.2, 0.25) is 0 Å². The highest BCUT2D eigenvalue weighted by Crippen LogP contribution is 2.47. The predicted molar refractivity (Wildman–Crippen MR) is 128 cm³/mol. The first-order valence-electron chi connectivity index (χ1n) is 12.8. The highest BCUT2D eigenvalue weighted by molar-refractivity contribution is 5.89. The average Bonchev–Trinajstić information content (AvgIpc) is 3.23. The molecule has 4 unspecified atom stereocenters. The number of carbonyl (C=O) groups is 1. The highest BCUT2D eigenvalue weighted by atomic mass is 16.5. The van der Waals surface area contributed by atoms with Gasteiger partial charge in [0.15, 0.2) is 0 Å². The van der Waals surface area contributed by atoms with Crippen LogP contribution >= 0.6 is 0 Å². The smallest absolute Gasteiger partial charge is 0.337 e. The van der Waals surface area contributed by atoms with Crippen molar-refractivity contribution in [3.63, 3.8) is 0 Å². The van der Waals surface area contributed by atoms with E-state index in [4.69, 9.17) is 9.47 Å². The fraction of sp³-hybridized carbons (Fsp3) is 0.593. The zero-order valence-electron chi connectivity index (χ0n) is 19.6. The number of para-hydroxylation sites is 1. The summed E-state index contributed by atoms with van der Waals surface area (Å²) >= 11 is 0. The van der Waals surface area contributed by atoms with Crippen molar-refractivity contribution in [2.24, 2.45) is 11.8 Å². The van der Waals surface area contributed by atoms with Crippen molar-refractivity contribution in [2.75, 3.05) is 39.3 Å². The van der Waals surface area contributed by atoms with Crippen molar-refractivity contribution in [2.45, 2.75) is 51.2 Å². The number of esters is 1. The molecule has 1 aromatic carbocycles. The second-order valence-corrected chi connectivity index (χ2v) is 10.3. The van der Waals surface area contributed by atoms with Crippen LogP contribution in [0.5, 0.6) is 0 Å². The standard InChI is InChI=1S/C27H35N3O3/c1-18-22-16-30-12-9-20-19-7-3-4-8-24(19)28-26(20)25(30)15-21(22)23(17-33-18)27(31)32-14-13-29-10-5-2-6-11-29/h3-4,7-8,17-18,21-22,25,28H,2,5-6,9-16H2,1H3. The van der Waals surface area contributed by atoms with Gasteiger partial charge >= 0.3 is 5.97 Å². The van der Waals surface area contributed by atoms with Crippen LogP contribution in [-0.2, 0) is 20.7 Å². The molecular weight excluding hydrogens is 414 g/mol. The summed E-state index contributed by atoms with van der Waals surface area (Å²) in [5.41, 5.74) is 4.76. The number of carbonyl (C=O) groups excluding carboxylic acids is 1. The van der Waals surface area contributed by atoms with E-state index < -0.39 is 0 Å². The number of hydrogen-bond acceptors (Lipinski definition) is 5. The third kappa shape index (κ3) is 3.87. The number of H-pyrrole nitrogens is 1. The molecule has 6 rings (SSSR count). The van der Waals surface area contributed by atoms with E-state index >= 15 is 0 Å². The zero-order chi connectivity index (χ0) is 22.4. The number of aromatic nitrogens is 1. The van der Waals surface area contributed by atoms with Gasteiger partial charge in [-0.2, -0.15) is 0 Å². The maximum atomic E-state index is 13.1. The topological polar surface area (TPSA) is 57.8 Å². The quantitative estimate of drug-likeness (QED) is 0.714. The lowest BCUT2D eigenvalue weighted by Crippen LogP contribution is -2.51. The van der Waals surface area contributed by atoms with Crippen molar-refractivity contribution < 1.29 is 14.3 Å². The number of piperidine rings is 2. The summed E-state index contributed by atoms with van der Waals surface area (Å²) in [6, 6.07) is 8.94. The summed E-state index contributed by atoms with van der Waals surface area (Å²) < 4.78 is 11.7. The maximum Gasteiger partial charge on any atom is 0.337 e. The number of hydrogen-bond donors (Lipinski definition) is 1. The molecule has 0 radical (unpaired) electrons. The van der Waals surface area contributed by atoms with Gasteiger partial charge < -0.3 is 14.5 Å². The molecule has 5 heterocycles. The first-order chi connectivity index (χ1) is 16.2. The number of nitrogens with one attached hydrogen (secondary N) is 1. The SMILES string of the molecule is CC1OC=C(C(=O)OCCN2CCCCC2)C2CC3c4[nH]c5ccccc5c4CCN3CC12. The number of likely N-dealkylation sites (tertiary alicyclic amines) is 1. The lowest BCUT2D eigenvalue weighted by molar-refractivity contribution is -0.142. The minimum atomic E-state index is -0.185. The largest absolute Gasteiger partial charge is 0.497 e. The number of aromatic amines is 1. The van der Waals surface area contributed by atoms with Gasteiger partial charge in [-0.1, -0.05) is 24.6 Å². The van der Waals surface area contributed by atoms with E-state index in [2.05, 4.69) is 46.0 Å². The maximum absolute atomic E-state index is 13.1. The fourth-order valence-corrected chi connectivity index (χ4v) is 6.60. The fourth-order valence-electron chi connectivity index (χ4n) is 6.60. The van der Waals surface area contributed by atoms with Gasteiger partial charge in [-0.25, -0.2) is 4.79 Å². The van der Waals surface area contributed by atoms with Gasteiger partial charge in [0.25, 0.3) is 0 Å². The Labute approximate surface area is 195 Å². The first-order valence-corrected chi connectivity index (χ1v) is 12.8. The highest BCUT2D eigenvalue weighted by Gasteiger charge is 2.47. The molecule has 1 aromatic heterocycles. The first kappa shape index (κ1) is 21.2. The Morgan fingerprint density at radius 2 is 2.03 bits per heavy atom. The molecule has 4 atom stereocenters. The molecule has 1 N–H and O–H groups in total. The van der Waals surface area contributed by atoms with Crippen LogP contribution in [0.25, 0.3) is 10.9 Å². The molecule has 0 aliphatic carbocycles. The third-order valence-corrected chi connectivity index (χ3v) is 8.45. The molecule has 4 aliphatic rings. The van der Waals surface area contributed by atoms with Crippen LogP contribution in [-0.4, -0.2) is 66.2 Å². The molecule has 2 saturated heterocycles. The van der Waals surface area contributed by atoms with Crippen molar-refractivity contribution in [3.8, 4) is 0 Å². The Balaban J connectivity index is 1.20.